The van der Waals surface area contributed by atoms with E-state index in [0.717, 1.165) is 36.8 Å². The van der Waals surface area contributed by atoms with E-state index in [0.29, 0.717) is 0 Å². The molecule has 1 nitrogen and oxygen atoms in total. The SMILES string of the molecule is Cc1cccc(C)c1C(=O)c1csc2c(Br)cccc12. The molecule has 0 bridgehead atoms. The molecule has 1 aromatic heterocycles. The van der Waals surface area contributed by atoms with Gasteiger partial charge < -0.3 is 0 Å². The van der Waals surface area contributed by atoms with Gasteiger partial charge in [-0.05, 0) is 47.0 Å². The second-order valence-electron chi connectivity index (χ2n) is 4.86. The predicted octanol–water partition coefficient (Wildman–Crippen LogP) is 5.51. The standard InChI is InChI=1S/C17H13BrOS/c1-10-5-3-6-11(2)15(10)16(19)13-9-20-17-12(13)7-4-8-14(17)18/h3-9H,1-2H3. The molecular weight excluding hydrogens is 332 g/mol. The van der Waals surface area contributed by atoms with Crippen LogP contribution >= 0.6 is 27.3 Å². The van der Waals surface area contributed by atoms with Crippen molar-refractivity contribution in [3.63, 3.8) is 0 Å². The summed E-state index contributed by atoms with van der Waals surface area (Å²) in [7, 11) is 0. The van der Waals surface area contributed by atoms with E-state index in [2.05, 4.69) is 15.9 Å². The van der Waals surface area contributed by atoms with Crippen LogP contribution in [-0.4, -0.2) is 5.78 Å². The van der Waals surface area contributed by atoms with E-state index in [-0.39, 0.29) is 5.78 Å². The second-order valence-corrected chi connectivity index (χ2v) is 6.60. The molecular formula is C17H13BrOS. The van der Waals surface area contributed by atoms with E-state index in [4.69, 9.17) is 0 Å². The molecule has 1 heterocycles. The highest BCUT2D eigenvalue weighted by Crippen LogP contribution is 2.34. The predicted molar refractivity (Wildman–Crippen MR) is 88.9 cm³/mol. The van der Waals surface area contributed by atoms with Crippen molar-refractivity contribution in [1.29, 1.82) is 0 Å². The molecule has 0 fully saturated rings. The molecule has 3 aromatic rings. The lowest BCUT2D eigenvalue weighted by molar-refractivity contribution is 0.103. The first-order valence-electron chi connectivity index (χ1n) is 6.36. The molecule has 0 atom stereocenters. The molecule has 3 heteroatoms. The van der Waals surface area contributed by atoms with Gasteiger partial charge in [-0.2, -0.15) is 0 Å². The van der Waals surface area contributed by atoms with E-state index >= 15 is 0 Å². The van der Waals surface area contributed by atoms with Crippen molar-refractivity contribution in [1.82, 2.24) is 0 Å². The van der Waals surface area contributed by atoms with Crippen molar-refractivity contribution >= 4 is 43.1 Å². The zero-order valence-electron chi connectivity index (χ0n) is 11.2. The Morgan fingerprint density at radius 2 is 1.70 bits per heavy atom. The Morgan fingerprint density at radius 3 is 2.40 bits per heavy atom. The van der Waals surface area contributed by atoms with Crippen LogP contribution in [0.4, 0.5) is 0 Å². The van der Waals surface area contributed by atoms with Gasteiger partial charge in [0.2, 0.25) is 0 Å². The van der Waals surface area contributed by atoms with E-state index in [9.17, 15) is 4.79 Å². The number of fused-ring (bicyclic) bond motifs is 1. The first-order valence-corrected chi connectivity index (χ1v) is 8.03. The van der Waals surface area contributed by atoms with Crippen LogP contribution in [0.3, 0.4) is 0 Å². The number of benzene rings is 2. The molecule has 100 valence electrons. The molecule has 0 radical (unpaired) electrons. The number of thiophene rings is 1. The van der Waals surface area contributed by atoms with Crippen LogP contribution in [-0.2, 0) is 0 Å². The number of hydrogen-bond acceptors (Lipinski definition) is 2. The molecule has 3 rings (SSSR count). The van der Waals surface area contributed by atoms with Gasteiger partial charge in [-0.3, -0.25) is 4.79 Å². The minimum absolute atomic E-state index is 0.116. The van der Waals surface area contributed by atoms with Crippen molar-refractivity contribution in [3.8, 4) is 0 Å². The van der Waals surface area contributed by atoms with Gasteiger partial charge in [0, 0.05) is 31.1 Å². The number of halogens is 1. The highest BCUT2D eigenvalue weighted by molar-refractivity contribution is 9.10. The Balaban J connectivity index is 2.21. The van der Waals surface area contributed by atoms with E-state index in [1.165, 1.54) is 0 Å². The third kappa shape index (κ3) is 2.11. The van der Waals surface area contributed by atoms with E-state index in [1.807, 2.05) is 55.6 Å². The van der Waals surface area contributed by atoms with Gasteiger partial charge in [-0.15, -0.1) is 11.3 Å². The number of hydrogen-bond donors (Lipinski definition) is 0. The van der Waals surface area contributed by atoms with Gasteiger partial charge in [-0.25, -0.2) is 0 Å². The maximum Gasteiger partial charge on any atom is 0.195 e. The maximum absolute atomic E-state index is 12.9. The summed E-state index contributed by atoms with van der Waals surface area (Å²) < 4.78 is 2.17. The summed E-state index contributed by atoms with van der Waals surface area (Å²) in [6.07, 6.45) is 0. The lowest BCUT2D eigenvalue weighted by Gasteiger charge is -2.08. The fourth-order valence-electron chi connectivity index (χ4n) is 2.51. The quantitative estimate of drug-likeness (QED) is 0.560. The van der Waals surface area contributed by atoms with Crippen LogP contribution in [0.25, 0.3) is 10.1 Å². The van der Waals surface area contributed by atoms with Gasteiger partial charge in [-0.1, -0.05) is 30.3 Å². The highest BCUT2D eigenvalue weighted by atomic mass is 79.9. The maximum atomic E-state index is 12.9. The average Bonchev–Trinajstić information content (AvgIpc) is 2.83. The fraction of sp³-hybridized carbons (Fsp3) is 0.118. The third-order valence-corrected chi connectivity index (χ3v) is 5.46. The molecule has 0 saturated heterocycles. The van der Waals surface area contributed by atoms with Crippen LogP contribution in [0.2, 0.25) is 0 Å². The second kappa shape index (κ2) is 5.15. The Kier molecular flexibility index (Phi) is 3.48. The molecule has 0 unspecified atom stereocenters. The van der Waals surface area contributed by atoms with Crippen LogP contribution in [0.15, 0.2) is 46.3 Å². The molecule has 0 aliphatic heterocycles. The van der Waals surface area contributed by atoms with Crippen molar-refractivity contribution in [3.05, 3.63) is 68.5 Å². The molecule has 0 spiro atoms. The molecule has 0 aliphatic rings. The topological polar surface area (TPSA) is 17.1 Å². The van der Waals surface area contributed by atoms with Gasteiger partial charge in [0.1, 0.15) is 0 Å². The molecule has 0 saturated carbocycles. The van der Waals surface area contributed by atoms with E-state index < -0.39 is 0 Å². The van der Waals surface area contributed by atoms with Crippen LogP contribution in [0.1, 0.15) is 27.0 Å². The van der Waals surface area contributed by atoms with E-state index in [1.54, 1.807) is 11.3 Å². The molecule has 0 aliphatic carbocycles. The number of ketones is 1. The zero-order valence-corrected chi connectivity index (χ0v) is 13.6. The summed E-state index contributed by atoms with van der Waals surface area (Å²) in [5.74, 6) is 0.116. The Morgan fingerprint density at radius 1 is 1.05 bits per heavy atom. The number of carbonyl (C=O) groups excluding carboxylic acids is 1. The van der Waals surface area contributed by atoms with Crippen molar-refractivity contribution in [2.75, 3.05) is 0 Å². The van der Waals surface area contributed by atoms with Crippen molar-refractivity contribution in [2.45, 2.75) is 13.8 Å². The largest absolute Gasteiger partial charge is 0.289 e. The summed E-state index contributed by atoms with van der Waals surface area (Å²) in [5.41, 5.74) is 3.68. The van der Waals surface area contributed by atoms with Gasteiger partial charge in [0.25, 0.3) is 0 Å². The third-order valence-electron chi connectivity index (χ3n) is 3.50. The molecule has 2 aromatic carbocycles. The van der Waals surface area contributed by atoms with Gasteiger partial charge in [0.05, 0.1) is 0 Å². The summed E-state index contributed by atoms with van der Waals surface area (Å²) >= 11 is 5.15. The van der Waals surface area contributed by atoms with Crippen LogP contribution < -0.4 is 0 Å². The number of rotatable bonds is 2. The number of carbonyl (C=O) groups is 1. The molecule has 20 heavy (non-hydrogen) atoms. The Labute approximate surface area is 130 Å². The lowest BCUT2D eigenvalue weighted by Crippen LogP contribution is -2.05. The Bertz CT molecular complexity index is 797. The number of aryl methyl sites for hydroxylation is 2. The first kappa shape index (κ1) is 13.5. The summed E-state index contributed by atoms with van der Waals surface area (Å²) in [6, 6.07) is 12.0. The first-order chi connectivity index (χ1) is 9.59. The van der Waals surface area contributed by atoms with Gasteiger partial charge >= 0.3 is 0 Å². The van der Waals surface area contributed by atoms with Crippen LogP contribution in [0, 0.1) is 13.8 Å². The van der Waals surface area contributed by atoms with Crippen LogP contribution in [0.5, 0.6) is 0 Å². The minimum Gasteiger partial charge on any atom is -0.289 e. The smallest absolute Gasteiger partial charge is 0.195 e. The van der Waals surface area contributed by atoms with Crippen molar-refractivity contribution < 1.29 is 4.79 Å². The van der Waals surface area contributed by atoms with Crippen molar-refractivity contribution in [2.24, 2.45) is 0 Å². The monoisotopic (exact) mass is 344 g/mol. The normalized spacial score (nSPS) is 10.9. The molecule has 0 amide bonds. The minimum atomic E-state index is 0.116. The molecule has 0 N–H and O–H groups in total. The average molecular weight is 345 g/mol. The lowest BCUT2D eigenvalue weighted by atomic mass is 9.95. The fourth-order valence-corrected chi connectivity index (χ4v) is 4.11. The highest BCUT2D eigenvalue weighted by Gasteiger charge is 2.18. The summed E-state index contributed by atoms with van der Waals surface area (Å²) in [6.45, 7) is 3.98. The summed E-state index contributed by atoms with van der Waals surface area (Å²) in [5, 5.41) is 2.99. The zero-order chi connectivity index (χ0) is 14.3. The van der Waals surface area contributed by atoms with Gasteiger partial charge in [0.15, 0.2) is 5.78 Å². The Hall–Kier alpha value is -1.45. The summed E-state index contributed by atoms with van der Waals surface area (Å²) in [4.78, 5) is 12.9.